The number of pyridine rings is 1. The summed E-state index contributed by atoms with van der Waals surface area (Å²) in [5.74, 6) is 0. The van der Waals surface area contributed by atoms with E-state index in [-0.39, 0.29) is 5.69 Å². The normalized spacial score (nSPS) is 12.0. The van der Waals surface area contributed by atoms with Crippen molar-refractivity contribution in [3.8, 4) is 11.4 Å². The number of hydrogen-bond acceptors (Lipinski definition) is 2. The third kappa shape index (κ3) is 3.66. The van der Waals surface area contributed by atoms with Gasteiger partial charge in [0.25, 0.3) is 0 Å². The van der Waals surface area contributed by atoms with Crippen LogP contribution >= 0.6 is 0 Å². The number of halogens is 3. The van der Waals surface area contributed by atoms with E-state index >= 15 is 0 Å². The van der Waals surface area contributed by atoms with E-state index in [0.717, 1.165) is 17.2 Å². The lowest BCUT2D eigenvalue weighted by atomic mass is 10.1. The highest BCUT2D eigenvalue weighted by Crippen LogP contribution is 2.29. The molecule has 0 saturated heterocycles. The Morgan fingerprint density at radius 2 is 1.61 bits per heavy atom. The minimum absolute atomic E-state index is 0.160. The standard InChI is InChI=1S/C17H12F3N3/c18-17(19,20)16-11-15(22-23-16)14-10-13(8-9-21-14)7-6-12-4-2-1-3-5-12/h1-11H,(H,22,23). The van der Waals surface area contributed by atoms with Crippen molar-refractivity contribution in [2.24, 2.45) is 0 Å². The van der Waals surface area contributed by atoms with Crippen molar-refractivity contribution in [2.45, 2.75) is 6.18 Å². The van der Waals surface area contributed by atoms with Gasteiger partial charge >= 0.3 is 6.18 Å². The fourth-order valence-electron chi connectivity index (χ4n) is 2.05. The summed E-state index contributed by atoms with van der Waals surface area (Å²) in [4.78, 5) is 4.08. The van der Waals surface area contributed by atoms with E-state index in [2.05, 4.69) is 10.1 Å². The Kier molecular flexibility index (Phi) is 3.97. The van der Waals surface area contributed by atoms with E-state index in [1.54, 1.807) is 18.3 Å². The number of aromatic nitrogens is 3. The topological polar surface area (TPSA) is 41.6 Å². The van der Waals surface area contributed by atoms with Crippen molar-refractivity contribution in [2.75, 3.05) is 0 Å². The Balaban J connectivity index is 1.85. The Morgan fingerprint density at radius 1 is 0.870 bits per heavy atom. The van der Waals surface area contributed by atoms with E-state index in [9.17, 15) is 13.2 Å². The van der Waals surface area contributed by atoms with Crippen molar-refractivity contribution in [1.82, 2.24) is 15.2 Å². The first-order valence-electron chi connectivity index (χ1n) is 6.84. The van der Waals surface area contributed by atoms with Crippen LogP contribution in [0.25, 0.3) is 23.5 Å². The molecule has 3 aromatic rings. The maximum absolute atomic E-state index is 12.6. The van der Waals surface area contributed by atoms with Gasteiger partial charge in [0.2, 0.25) is 0 Å². The molecule has 0 aliphatic carbocycles. The SMILES string of the molecule is FC(F)(F)c1cc(-c2cc(C=Cc3ccccc3)ccn2)n[nH]1. The molecule has 0 spiro atoms. The third-order valence-corrected chi connectivity index (χ3v) is 3.20. The van der Waals surface area contributed by atoms with E-state index < -0.39 is 11.9 Å². The molecule has 0 aliphatic rings. The maximum atomic E-state index is 12.6. The molecule has 2 heterocycles. The molecule has 0 unspecified atom stereocenters. The number of rotatable bonds is 3. The van der Waals surface area contributed by atoms with E-state index in [4.69, 9.17) is 0 Å². The molecule has 1 N–H and O–H groups in total. The van der Waals surface area contributed by atoms with Crippen molar-refractivity contribution < 1.29 is 13.2 Å². The second-order valence-corrected chi connectivity index (χ2v) is 4.88. The van der Waals surface area contributed by atoms with Crippen molar-refractivity contribution >= 4 is 12.2 Å². The molecule has 3 rings (SSSR count). The summed E-state index contributed by atoms with van der Waals surface area (Å²) in [6.07, 6.45) is 0.890. The molecule has 0 aliphatic heterocycles. The number of benzene rings is 1. The molecule has 0 saturated carbocycles. The van der Waals surface area contributed by atoms with E-state index in [0.29, 0.717) is 5.69 Å². The molecule has 23 heavy (non-hydrogen) atoms. The zero-order chi connectivity index (χ0) is 16.3. The predicted octanol–water partition coefficient (Wildman–Crippen LogP) is 4.66. The van der Waals surface area contributed by atoms with Crippen molar-refractivity contribution in [1.29, 1.82) is 0 Å². The Morgan fingerprint density at radius 3 is 2.30 bits per heavy atom. The number of nitrogens with zero attached hydrogens (tertiary/aromatic N) is 2. The first-order valence-corrected chi connectivity index (χ1v) is 6.84. The molecule has 0 atom stereocenters. The first kappa shape index (κ1) is 15.0. The summed E-state index contributed by atoms with van der Waals surface area (Å²) in [6, 6.07) is 14.1. The smallest absolute Gasteiger partial charge is 0.273 e. The van der Waals surface area contributed by atoms with Crippen LogP contribution in [0.2, 0.25) is 0 Å². The van der Waals surface area contributed by atoms with Gasteiger partial charge in [-0.1, -0.05) is 42.5 Å². The predicted molar refractivity (Wildman–Crippen MR) is 82.2 cm³/mol. The summed E-state index contributed by atoms with van der Waals surface area (Å²) in [5, 5.41) is 5.67. The van der Waals surface area contributed by atoms with Crippen LogP contribution in [0.3, 0.4) is 0 Å². The lowest BCUT2D eigenvalue weighted by Crippen LogP contribution is -2.04. The molecule has 1 aromatic carbocycles. The molecule has 6 heteroatoms. The number of nitrogens with one attached hydrogen (secondary N) is 1. The van der Waals surface area contributed by atoms with Crippen LogP contribution in [-0.2, 0) is 6.18 Å². The number of hydrogen-bond donors (Lipinski definition) is 1. The van der Waals surface area contributed by atoms with Gasteiger partial charge < -0.3 is 0 Å². The largest absolute Gasteiger partial charge is 0.432 e. The second-order valence-electron chi connectivity index (χ2n) is 4.88. The van der Waals surface area contributed by atoms with Gasteiger partial charge in [0.1, 0.15) is 11.4 Å². The Hall–Kier alpha value is -2.89. The zero-order valence-electron chi connectivity index (χ0n) is 11.9. The van der Waals surface area contributed by atoms with Crippen LogP contribution in [0.15, 0.2) is 54.7 Å². The van der Waals surface area contributed by atoms with Gasteiger partial charge in [-0.15, -0.1) is 0 Å². The fourth-order valence-corrected chi connectivity index (χ4v) is 2.05. The minimum Gasteiger partial charge on any atom is -0.273 e. The average Bonchev–Trinajstić information content (AvgIpc) is 3.05. The average molecular weight is 315 g/mol. The highest BCUT2D eigenvalue weighted by molar-refractivity contribution is 5.71. The lowest BCUT2D eigenvalue weighted by molar-refractivity contribution is -0.141. The molecule has 0 amide bonds. The molecule has 2 aromatic heterocycles. The van der Waals surface area contributed by atoms with Crippen molar-refractivity contribution in [3.05, 3.63) is 71.5 Å². The number of aromatic amines is 1. The minimum atomic E-state index is -4.45. The van der Waals surface area contributed by atoms with Crippen LogP contribution in [0.5, 0.6) is 0 Å². The van der Waals surface area contributed by atoms with Crippen LogP contribution in [0, 0.1) is 0 Å². The van der Waals surface area contributed by atoms with Crippen LogP contribution < -0.4 is 0 Å². The molecule has 0 bridgehead atoms. The first-order chi connectivity index (χ1) is 11.0. The Labute approximate surface area is 130 Å². The summed E-state index contributed by atoms with van der Waals surface area (Å²) < 4.78 is 37.8. The molecule has 116 valence electrons. The van der Waals surface area contributed by atoms with Crippen LogP contribution in [0.4, 0.5) is 13.2 Å². The molecular formula is C17H12F3N3. The molecule has 0 radical (unpaired) electrons. The van der Waals surface area contributed by atoms with Gasteiger partial charge in [-0.2, -0.15) is 18.3 Å². The molecule has 3 nitrogen and oxygen atoms in total. The quantitative estimate of drug-likeness (QED) is 0.763. The summed E-state index contributed by atoms with van der Waals surface area (Å²) in [5.41, 5.74) is 1.51. The maximum Gasteiger partial charge on any atom is 0.432 e. The van der Waals surface area contributed by atoms with Gasteiger partial charge in [0, 0.05) is 6.20 Å². The molecule has 0 fully saturated rings. The highest BCUT2D eigenvalue weighted by Gasteiger charge is 2.33. The van der Waals surface area contributed by atoms with E-state index in [1.807, 2.05) is 47.6 Å². The van der Waals surface area contributed by atoms with Crippen molar-refractivity contribution in [3.63, 3.8) is 0 Å². The number of alkyl halides is 3. The van der Waals surface area contributed by atoms with Crippen LogP contribution in [-0.4, -0.2) is 15.2 Å². The summed E-state index contributed by atoms with van der Waals surface area (Å²) >= 11 is 0. The Bertz CT molecular complexity index is 820. The van der Waals surface area contributed by atoms with Gasteiger partial charge in [0.05, 0.1) is 5.69 Å². The highest BCUT2D eigenvalue weighted by atomic mass is 19.4. The summed E-state index contributed by atoms with van der Waals surface area (Å²) in [6.45, 7) is 0. The van der Waals surface area contributed by atoms with Crippen LogP contribution in [0.1, 0.15) is 16.8 Å². The molecular weight excluding hydrogens is 303 g/mol. The number of H-pyrrole nitrogens is 1. The zero-order valence-corrected chi connectivity index (χ0v) is 11.9. The van der Waals surface area contributed by atoms with Gasteiger partial charge in [-0.05, 0) is 29.3 Å². The fraction of sp³-hybridized carbons (Fsp3) is 0.0588. The van der Waals surface area contributed by atoms with Gasteiger partial charge in [-0.3, -0.25) is 10.1 Å². The monoisotopic (exact) mass is 315 g/mol. The second kappa shape index (κ2) is 6.08. The summed E-state index contributed by atoms with van der Waals surface area (Å²) in [7, 11) is 0. The lowest BCUT2D eigenvalue weighted by Gasteiger charge is -2.00. The van der Waals surface area contributed by atoms with Gasteiger partial charge in [0.15, 0.2) is 0 Å². The third-order valence-electron chi connectivity index (χ3n) is 3.20. The van der Waals surface area contributed by atoms with Gasteiger partial charge in [-0.25, -0.2) is 0 Å². The van der Waals surface area contributed by atoms with E-state index in [1.165, 1.54) is 0 Å².